The summed E-state index contributed by atoms with van der Waals surface area (Å²) in [4.78, 5) is 10.4. The van der Waals surface area contributed by atoms with E-state index in [0.29, 0.717) is 6.92 Å². The van der Waals surface area contributed by atoms with Crippen molar-refractivity contribution in [1.82, 2.24) is 0 Å². The van der Waals surface area contributed by atoms with E-state index in [2.05, 4.69) is 0 Å². The van der Waals surface area contributed by atoms with Crippen LogP contribution in [0.15, 0.2) is 0 Å². The number of sulfone groups is 1. The number of hydrogen-bond acceptors (Lipinski definition) is 3. The molecule has 0 bridgehead atoms. The van der Waals surface area contributed by atoms with E-state index in [9.17, 15) is 52.7 Å². The first kappa shape index (κ1) is 20.0. The van der Waals surface area contributed by atoms with Crippen LogP contribution >= 0.6 is 0 Å². The van der Waals surface area contributed by atoms with Crippen molar-refractivity contribution >= 4 is 15.6 Å². The van der Waals surface area contributed by atoms with E-state index >= 15 is 0 Å². The van der Waals surface area contributed by atoms with Crippen LogP contribution in [0.2, 0.25) is 0 Å². The van der Waals surface area contributed by atoms with Crippen LogP contribution in [0.25, 0.3) is 0 Å². The predicted molar refractivity (Wildman–Crippen MR) is 50.0 cm³/mol. The second-order valence-corrected chi connectivity index (χ2v) is 6.08. The molecule has 0 aromatic carbocycles. The number of hydrogen-bond donors (Lipinski definition) is 0. The molecule has 21 heavy (non-hydrogen) atoms. The summed E-state index contributed by atoms with van der Waals surface area (Å²) < 4.78 is 134. The Morgan fingerprint density at radius 1 is 0.857 bits per heavy atom. The molecule has 13 heteroatoms. The fourth-order valence-corrected chi connectivity index (χ4v) is 2.29. The van der Waals surface area contributed by atoms with E-state index in [1.165, 1.54) is 0 Å². The second-order valence-electron chi connectivity index (χ2n) is 3.93. The summed E-state index contributed by atoms with van der Waals surface area (Å²) in [6, 6.07) is 0. The molecule has 0 saturated heterocycles. The standard InChI is InChI=1S/C8H7F9O3S/c1-4(18)2-3-21(19,20)8(16,17)6(11,12)5(9,10)7(13,14)15/h2-3H2,1H3. The first-order valence-corrected chi connectivity index (χ1v) is 6.49. The van der Waals surface area contributed by atoms with Crippen LogP contribution < -0.4 is 0 Å². The molecule has 0 rings (SSSR count). The highest BCUT2D eigenvalue weighted by Crippen LogP contribution is 2.54. The predicted octanol–water partition coefficient (Wildman–Crippen LogP) is 2.81. The molecule has 126 valence electrons. The zero-order chi connectivity index (χ0) is 17.5. The van der Waals surface area contributed by atoms with Gasteiger partial charge in [-0.1, -0.05) is 0 Å². The Balaban J connectivity index is 5.84. The van der Waals surface area contributed by atoms with Crippen LogP contribution in [0, 0.1) is 0 Å². The highest BCUT2D eigenvalue weighted by Gasteiger charge is 2.84. The van der Waals surface area contributed by atoms with E-state index in [1.807, 2.05) is 0 Å². The quantitative estimate of drug-likeness (QED) is 0.690. The first-order valence-electron chi connectivity index (χ1n) is 4.83. The van der Waals surface area contributed by atoms with Gasteiger partial charge in [-0.05, 0) is 6.92 Å². The van der Waals surface area contributed by atoms with Crippen LogP contribution in [-0.4, -0.2) is 43.2 Å². The largest absolute Gasteiger partial charge is 0.460 e. The molecule has 0 aliphatic rings. The lowest BCUT2D eigenvalue weighted by Gasteiger charge is -2.33. The summed E-state index contributed by atoms with van der Waals surface area (Å²) in [5.41, 5.74) is 0. The summed E-state index contributed by atoms with van der Waals surface area (Å²) >= 11 is 0. The summed E-state index contributed by atoms with van der Waals surface area (Å²) in [6.07, 6.45) is -8.35. The highest BCUT2D eigenvalue weighted by molar-refractivity contribution is 7.92. The Kier molecular flexibility index (Phi) is 5.06. The molecule has 0 unspecified atom stereocenters. The van der Waals surface area contributed by atoms with Crippen molar-refractivity contribution in [3.63, 3.8) is 0 Å². The summed E-state index contributed by atoms with van der Waals surface area (Å²) in [5, 5.41) is -6.71. The molecular weight excluding hydrogens is 347 g/mol. The third-order valence-electron chi connectivity index (χ3n) is 2.23. The minimum Gasteiger partial charge on any atom is -0.300 e. The van der Waals surface area contributed by atoms with Crippen molar-refractivity contribution < 1.29 is 52.7 Å². The van der Waals surface area contributed by atoms with Crippen LogP contribution in [-0.2, 0) is 14.6 Å². The smallest absolute Gasteiger partial charge is 0.300 e. The molecule has 0 spiro atoms. The van der Waals surface area contributed by atoms with Crippen molar-refractivity contribution in [3.05, 3.63) is 0 Å². The fraction of sp³-hybridized carbons (Fsp3) is 0.875. The van der Waals surface area contributed by atoms with Gasteiger partial charge in [0.05, 0.1) is 5.75 Å². The molecule has 0 atom stereocenters. The molecule has 3 nitrogen and oxygen atoms in total. The minimum atomic E-state index is -7.28. The van der Waals surface area contributed by atoms with E-state index < -0.39 is 51.1 Å². The Morgan fingerprint density at radius 2 is 1.24 bits per heavy atom. The molecular formula is C8H7F9O3S. The molecule has 0 aromatic heterocycles. The summed E-state index contributed by atoms with van der Waals surface area (Å²) in [5.74, 6) is -17.6. The topological polar surface area (TPSA) is 51.2 Å². The number of alkyl halides is 9. The van der Waals surface area contributed by atoms with Gasteiger partial charge in [0.15, 0.2) is 0 Å². The molecule has 0 radical (unpaired) electrons. The molecule has 0 saturated carbocycles. The van der Waals surface area contributed by atoms with Gasteiger partial charge in [-0.3, -0.25) is 4.79 Å². The number of halogens is 9. The van der Waals surface area contributed by atoms with Gasteiger partial charge in [-0.15, -0.1) is 0 Å². The van der Waals surface area contributed by atoms with Crippen molar-refractivity contribution in [1.29, 1.82) is 0 Å². The molecule has 0 aliphatic carbocycles. The lowest BCUT2D eigenvalue weighted by Crippen LogP contribution is -2.63. The van der Waals surface area contributed by atoms with Gasteiger partial charge in [-0.2, -0.15) is 39.5 Å². The third-order valence-corrected chi connectivity index (χ3v) is 4.01. The number of carbonyl (C=O) groups is 1. The van der Waals surface area contributed by atoms with E-state index in [4.69, 9.17) is 0 Å². The monoisotopic (exact) mass is 354 g/mol. The van der Waals surface area contributed by atoms with Crippen molar-refractivity contribution in [2.24, 2.45) is 0 Å². The molecule has 0 heterocycles. The number of carbonyl (C=O) groups excluding carboxylic acids is 1. The Hall–Kier alpha value is -1.01. The Morgan fingerprint density at radius 3 is 1.52 bits per heavy atom. The Labute approximate surface area is 112 Å². The molecule has 0 aliphatic heterocycles. The van der Waals surface area contributed by atoms with Crippen LogP contribution in [0.3, 0.4) is 0 Å². The van der Waals surface area contributed by atoms with Gasteiger partial charge in [0.25, 0.3) is 0 Å². The SMILES string of the molecule is CC(=O)CCS(=O)(=O)C(F)(F)C(F)(F)C(F)(F)C(F)(F)F. The molecule has 0 N–H and O–H groups in total. The average molecular weight is 354 g/mol. The van der Waals surface area contributed by atoms with Gasteiger partial charge in [0.2, 0.25) is 9.84 Å². The minimum absolute atomic E-state index is 0.677. The summed E-state index contributed by atoms with van der Waals surface area (Å²) in [7, 11) is -6.44. The van der Waals surface area contributed by atoms with Gasteiger partial charge >= 0.3 is 23.3 Å². The van der Waals surface area contributed by atoms with Crippen LogP contribution in [0.4, 0.5) is 39.5 Å². The first-order chi connectivity index (χ1) is 8.92. The highest BCUT2D eigenvalue weighted by atomic mass is 32.2. The maximum Gasteiger partial charge on any atom is 0.460 e. The van der Waals surface area contributed by atoms with Gasteiger partial charge in [-0.25, -0.2) is 8.42 Å². The zero-order valence-corrected chi connectivity index (χ0v) is 10.8. The normalized spacial score (nSPS) is 15.1. The summed E-state index contributed by atoms with van der Waals surface area (Å²) in [6.45, 7) is 0.677. The zero-order valence-electron chi connectivity index (χ0n) is 9.95. The van der Waals surface area contributed by atoms with Gasteiger partial charge in [0.1, 0.15) is 5.78 Å². The maximum absolute atomic E-state index is 13.0. The van der Waals surface area contributed by atoms with E-state index in [1.54, 1.807) is 0 Å². The van der Waals surface area contributed by atoms with Crippen molar-refractivity contribution in [3.8, 4) is 0 Å². The number of rotatable bonds is 6. The molecule has 0 aromatic rings. The lowest BCUT2D eigenvalue weighted by atomic mass is 10.1. The average Bonchev–Trinajstić information content (AvgIpc) is 2.24. The lowest BCUT2D eigenvalue weighted by molar-refractivity contribution is -0.382. The van der Waals surface area contributed by atoms with Crippen molar-refractivity contribution in [2.45, 2.75) is 36.6 Å². The fourth-order valence-electron chi connectivity index (χ4n) is 0.962. The van der Waals surface area contributed by atoms with Gasteiger partial charge in [0, 0.05) is 6.42 Å². The Bertz CT molecular complexity index is 506. The van der Waals surface area contributed by atoms with Crippen molar-refractivity contribution in [2.75, 3.05) is 5.75 Å². The van der Waals surface area contributed by atoms with Gasteiger partial charge < -0.3 is 0 Å². The van der Waals surface area contributed by atoms with Crippen LogP contribution in [0.5, 0.6) is 0 Å². The molecule has 0 amide bonds. The van der Waals surface area contributed by atoms with Crippen LogP contribution in [0.1, 0.15) is 13.3 Å². The maximum atomic E-state index is 13.0. The van der Waals surface area contributed by atoms with E-state index in [-0.39, 0.29) is 0 Å². The number of ketones is 1. The third kappa shape index (κ3) is 3.26. The van der Waals surface area contributed by atoms with E-state index in [0.717, 1.165) is 0 Å². The molecule has 0 fully saturated rings. The number of Topliss-reactive ketones (excluding diaryl/α,β-unsaturated/α-hetero) is 1. The second kappa shape index (κ2) is 5.32.